The van der Waals surface area contributed by atoms with Crippen molar-refractivity contribution >= 4 is 27.5 Å². The van der Waals surface area contributed by atoms with Gasteiger partial charge in [0.1, 0.15) is 0 Å². The lowest BCUT2D eigenvalue weighted by Crippen LogP contribution is -2.43. The summed E-state index contributed by atoms with van der Waals surface area (Å²) in [6, 6.07) is 16.6. The Kier molecular flexibility index (Phi) is 6.75. The number of nitrogens with zero attached hydrogens (tertiary/aromatic N) is 1. The number of benzene rings is 2. The lowest BCUT2D eigenvalue weighted by atomic mass is 9.96. The highest BCUT2D eigenvalue weighted by Gasteiger charge is 2.31. The summed E-state index contributed by atoms with van der Waals surface area (Å²) in [5.41, 5.74) is 1.76. The van der Waals surface area contributed by atoms with Crippen LogP contribution in [0.4, 0.5) is 0 Å². The van der Waals surface area contributed by atoms with E-state index in [1.54, 1.807) is 24.3 Å². The molecule has 0 spiro atoms. The van der Waals surface area contributed by atoms with Crippen LogP contribution in [0.2, 0.25) is 5.02 Å². The Hall–Kier alpha value is -1.89. The maximum absolute atomic E-state index is 12.7. The second-order valence-corrected chi connectivity index (χ2v) is 9.60. The number of halogens is 1. The summed E-state index contributed by atoms with van der Waals surface area (Å²) in [6.07, 6.45) is 1.07. The first-order valence-electron chi connectivity index (χ1n) is 9.43. The predicted molar refractivity (Wildman–Crippen MR) is 111 cm³/mol. The minimum Gasteiger partial charge on any atom is -0.349 e. The number of carbonyl (C=O) groups excluding carboxylic acids is 1. The molecular formula is C21H25ClN2O3S. The summed E-state index contributed by atoms with van der Waals surface area (Å²) >= 11 is 5.85. The van der Waals surface area contributed by atoms with Crippen LogP contribution in [0.3, 0.4) is 0 Å². The number of nitrogens with one attached hydrogen (secondary N) is 1. The molecule has 5 nitrogen and oxygen atoms in total. The van der Waals surface area contributed by atoms with Crippen LogP contribution in [0, 0.1) is 5.92 Å². The van der Waals surface area contributed by atoms with E-state index >= 15 is 0 Å². The van der Waals surface area contributed by atoms with Gasteiger partial charge < -0.3 is 5.32 Å². The third kappa shape index (κ3) is 5.34. The first-order chi connectivity index (χ1) is 13.3. The zero-order valence-electron chi connectivity index (χ0n) is 15.8. The SMILES string of the molecule is C[C@H](NC(=O)C1CCN(S(=O)(=O)Cc2ccc(Cl)cc2)CC1)c1ccccc1. The fourth-order valence-electron chi connectivity index (χ4n) is 3.43. The highest BCUT2D eigenvalue weighted by atomic mass is 35.5. The minimum atomic E-state index is -3.41. The number of piperidine rings is 1. The average molecular weight is 421 g/mol. The van der Waals surface area contributed by atoms with E-state index in [-0.39, 0.29) is 23.6 Å². The Morgan fingerprint density at radius 2 is 1.71 bits per heavy atom. The first-order valence-corrected chi connectivity index (χ1v) is 11.4. The van der Waals surface area contributed by atoms with Crippen LogP contribution in [-0.2, 0) is 20.6 Å². The molecule has 0 unspecified atom stereocenters. The van der Waals surface area contributed by atoms with Gasteiger partial charge in [-0.25, -0.2) is 12.7 Å². The van der Waals surface area contributed by atoms with Crippen molar-refractivity contribution in [3.63, 3.8) is 0 Å². The molecule has 0 saturated carbocycles. The maximum atomic E-state index is 12.7. The summed E-state index contributed by atoms with van der Waals surface area (Å²) in [5, 5.41) is 3.63. The molecule has 0 radical (unpaired) electrons. The Labute approximate surface area is 171 Å². The monoisotopic (exact) mass is 420 g/mol. The third-order valence-electron chi connectivity index (χ3n) is 5.14. The molecular weight excluding hydrogens is 396 g/mol. The Morgan fingerprint density at radius 3 is 2.32 bits per heavy atom. The summed E-state index contributed by atoms with van der Waals surface area (Å²) in [7, 11) is -3.41. The topological polar surface area (TPSA) is 66.5 Å². The summed E-state index contributed by atoms with van der Waals surface area (Å²) < 4.78 is 26.8. The van der Waals surface area contributed by atoms with Gasteiger partial charge in [-0.1, -0.05) is 54.1 Å². The molecule has 150 valence electrons. The van der Waals surface area contributed by atoms with Gasteiger partial charge in [-0.2, -0.15) is 0 Å². The smallest absolute Gasteiger partial charge is 0.223 e. The van der Waals surface area contributed by atoms with Crippen molar-refractivity contribution in [2.24, 2.45) is 5.92 Å². The zero-order chi connectivity index (χ0) is 20.1. The molecule has 1 atom stereocenters. The first kappa shape index (κ1) is 20.8. The van der Waals surface area contributed by atoms with Gasteiger partial charge in [0.25, 0.3) is 0 Å². The van der Waals surface area contributed by atoms with Crippen molar-refractivity contribution in [2.75, 3.05) is 13.1 Å². The number of hydrogen-bond donors (Lipinski definition) is 1. The molecule has 0 aliphatic carbocycles. The van der Waals surface area contributed by atoms with Crippen LogP contribution in [-0.4, -0.2) is 31.7 Å². The summed E-state index contributed by atoms with van der Waals surface area (Å²) in [4.78, 5) is 12.6. The van der Waals surface area contributed by atoms with Crippen molar-refractivity contribution in [2.45, 2.75) is 31.6 Å². The molecule has 2 aromatic carbocycles. The maximum Gasteiger partial charge on any atom is 0.223 e. The quantitative estimate of drug-likeness (QED) is 0.773. The van der Waals surface area contributed by atoms with Crippen molar-refractivity contribution < 1.29 is 13.2 Å². The number of sulfonamides is 1. The predicted octanol–water partition coefficient (Wildman–Crippen LogP) is 3.76. The van der Waals surface area contributed by atoms with Crippen LogP contribution in [0.5, 0.6) is 0 Å². The Balaban J connectivity index is 1.53. The molecule has 3 rings (SSSR count). The molecule has 1 heterocycles. The van der Waals surface area contributed by atoms with Gasteiger partial charge in [0, 0.05) is 24.0 Å². The lowest BCUT2D eigenvalue weighted by Gasteiger charge is -2.31. The standard InChI is InChI=1S/C21H25ClN2O3S/c1-16(18-5-3-2-4-6-18)23-21(25)19-11-13-24(14-12-19)28(26,27)15-17-7-9-20(22)10-8-17/h2-10,16,19H,11-15H2,1H3,(H,23,25)/t16-/m0/s1. The van der Waals surface area contributed by atoms with E-state index in [1.165, 1.54) is 4.31 Å². The average Bonchev–Trinajstić information content (AvgIpc) is 2.70. The van der Waals surface area contributed by atoms with Gasteiger partial charge >= 0.3 is 0 Å². The Bertz CT molecular complexity index is 893. The summed E-state index contributed by atoms with van der Waals surface area (Å²) in [6.45, 7) is 2.69. The lowest BCUT2D eigenvalue weighted by molar-refractivity contribution is -0.126. The van der Waals surface area contributed by atoms with Gasteiger partial charge in [0.2, 0.25) is 15.9 Å². The highest BCUT2D eigenvalue weighted by molar-refractivity contribution is 7.88. The largest absolute Gasteiger partial charge is 0.349 e. The second-order valence-electron chi connectivity index (χ2n) is 7.20. The van der Waals surface area contributed by atoms with E-state index in [1.807, 2.05) is 37.3 Å². The van der Waals surface area contributed by atoms with Crippen LogP contribution < -0.4 is 5.32 Å². The normalized spacial score (nSPS) is 17.2. The van der Waals surface area contributed by atoms with Gasteiger partial charge in [-0.05, 0) is 43.0 Å². The van der Waals surface area contributed by atoms with Crippen LogP contribution in [0.15, 0.2) is 54.6 Å². The van der Waals surface area contributed by atoms with E-state index in [0.29, 0.717) is 36.5 Å². The van der Waals surface area contributed by atoms with Crippen molar-refractivity contribution in [3.05, 3.63) is 70.7 Å². The molecule has 7 heteroatoms. The molecule has 1 aliphatic heterocycles. The molecule has 1 fully saturated rings. The summed E-state index contributed by atoms with van der Waals surface area (Å²) in [5.74, 6) is -0.217. The van der Waals surface area contributed by atoms with Crippen molar-refractivity contribution in [3.8, 4) is 0 Å². The van der Waals surface area contributed by atoms with Crippen LogP contribution in [0.1, 0.15) is 36.9 Å². The third-order valence-corrected chi connectivity index (χ3v) is 7.24. The second kappa shape index (κ2) is 9.07. The van der Waals surface area contributed by atoms with Gasteiger partial charge in [-0.15, -0.1) is 0 Å². The van der Waals surface area contributed by atoms with E-state index in [4.69, 9.17) is 11.6 Å². The highest BCUT2D eigenvalue weighted by Crippen LogP contribution is 2.23. The van der Waals surface area contributed by atoms with Crippen LogP contribution in [0.25, 0.3) is 0 Å². The number of carbonyl (C=O) groups is 1. The Morgan fingerprint density at radius 1 is 1.11 bits per heavy atom. The molecule has 0 bridgehead atoms. The molecule has 28 heavy (non-hydrogen) atoms. The van der Waals surface area contributed by atoms with Crippen LogP contribution >= 0.6 is 11.6 Å². The van der Waals surface area contributed by atoms with Gasteiger partial charge in [-0.3, -0.25) is 4.79 Å². The zero-order valence-corrected chi connectivity index (χ0v) is 17.4. The fourth-order valence-corrected chi connectivity index (χ4v) is 5.12. The fraction of sp³-hybridized carbons (Fsp3) is 0.381. The van der Waals surface area contributed by atoms with E-state index in [9.17, 15) is 13.2 Å². The minimum absolute atomic E-state index is 0.00824. The van der Waals surface area contributed by atoms with Gasteiger partial charge in [0.05, 0.1) is 11.8 Å². The van der Waals surface area contributed by atoms with E-state index in [0.717, 1.165) is 5.56 Å². The molecule has 2 aromatic rings. The number of rotatable bonds is 6. The van der Waals surface area contributed by atoms with E-state index < -0.39 is 10.0 Å². The molecule has 1 N–H and O–H groups in total. The van der Waals surface area contributed by atoms with E-state index in [2.05, 4.69) is 5.32 Å². The molecule has 0 aromatic heterocycles. The molecule has 1 saturated heterocycles. The van der Waals surface area contributed by atoms with Crippen molar-refractivity contribution in [1.82, 2.24) is 9.62 Å². The molecule has 1 amide bonds. The molecule has 1 aliphatic rings. The number of hydrogen-bond acceptors (Lipinski definition) is 3. The number of amides is 1. The van der Waals surface area contributed by atoms with Crippen molar-refractivity contribution in [1.29, 1.82) is 0 Å². The van der Waals surface area contributed by atoms with Gasteiger partial charge in [0.15, 0.2) is 0 Å².